The normalized spacial score (nSPS) is 10.8. The summed E-state index contributed by atoms with van der Waals surface area (Å²) in [7, 11) is 1.74. The van der Waals surface area contributed by atoms with Crippen LogP contribution >= 0.6 is 0 Å². The first kappa shape index (κ1) is 14.6. The summed E-state index contributed by atoms with van der Waals surface area (Å²) in [6.07, 6.45) is 3.42. The van der Waals surface area contributed by atoms with Crippen molar-refractivity contribution in [1.82, 2.24) is 25.5 Å². The number of hydrogen-bond donors (Lipinski definition) is 1. The largest absolute Gasteiger partial charge is 0.385 e. The molecular formula is C14H21N5O. The number of para-hydroxylation sites is 1. The van der Waals surface area contributed by atoms with E-state index < -0.39 is 0 Å². The minimum Gasteiger partial charge on any atom is -0.385 e. The molecule has 1 N–H and O–H groups in total. The number of aromatic nitrogens is 4. The zero-order chi connectivity index (χ0) is 14.0. The van der Waals surface area contributed by atoms with Crippen molar-refractivity contribution in [1.29, 1.82) is 0 Å². The maximum absolute atomic E-state index is 5.02. The Morgan fingerprint density at radius 3 is 2.80 bits per heavy atom. The molecule has 0 radical (unpaired) electrons. The fourth-order valence-electron chi connectivity index (χ4n) is 1.96. The topological polar surface area (TPSA) is 64.9 Å². The van der Waals surface area contributed by atoms with Crippen LogP contribution in [0.15, 0.2) is 30.3 Å². The van der Waals surface area contributed by atoms with E-state index >= 15 is 0 Å². The lowest BCUT2D eigenvalue weighted by molar-refractivity contribution is 0.192. The molecule has 0 spiro atoms. The standard InChI is InChI=1S/C14H21N5O/c1-20-11-7-3-6-10-15-12-14-16-17-18-19(14)13-8-4-2-5-9-13/h2,4-5,8-9,15H,3,6-7,10-12H2,1H3. The van der Waals surface area contributed by atoms with Crippen LogP contribution in [0.5, 0.6) is 0 Å². The summed E-state index contributed by atoms with van der Waals surface area (Å²) in [5.41, 5.74) is 0.981. The Labute approximate surface area is 119 Å². The highest BCUT2D eigenvalue weighted by molar-refractivity contribution is 5.30. The number of ether oxygens (including phenoxy) is 1. The van der Waals surface area contributed by atoms with Crippen LogP contribution in [-0.2, 0) is 11.3 Å². The number of nitrogens with one attached hydrogen (secondary N) is 1. The van der Waals surface area contributed by atoms with E-state index in [4.69, 9.17) is 4.74 Å². The van der Waals surface area contributed by atoms with E-state index in [0.717, 1.165) is 37.5 Å². The summed E-state index contributed by atoms with van der Waals surface area (Å²) in [6, 6.07) is 9.91. The van der Waals surface area contributed by atoms with Gasteiger partial charge in [0.05, 0.1) is 12.2 Å². The molecule has 0 bridgehead atoms. The molecule has 0 aliphatic carbocycles. The first-order valence-corrected chi connectivity index (χ1v) is 6.94. The second-order valence-electron chi connectivity index (χ2n) is 4.57. The van der Waals surface area contributed by atoms with Gasteiger partial charge in [0.25, 0.3) is 0 Å². The number of methoxy groups -OCH3 is 1. The van der Waals surface area contributed by atoms with Gasteiger partial charge in [-0.3, -0.25) is 0 Å². The monoisotopic (exact) mass is 275 g/mol. The average molecular weight is 275 g/mol. The molecule has 20 heavy (non-hydrogen) atoms. The fourth-order valence-corrected chi connectivity index (χ4v) is 1.96. The van der Waals surface area contributed by atoms with Crippen molar-refractivity contribution in [3.8, 4) is 5.69 Å². The summed E-state index contributed by atoms with van der Waals surface area (Å²) in [5, 5.41) is 15.2. The lowest BCUT2D eigenvalue weighted by Gasteiger charge is -2.06. The third-order valence-electron chi connectivity index (χ3n) is 3.02. The molecule has 1 aromatic heterocycles. The van der Waals surface area contributed by atoms with Gasteiger partial charge in [0.1, 0.15) is 0 Å². The van der Waals surface area contributed by atoms with E-state index in [-0.39, 0.29) is 0 Å². The maximum atomic E-state index is 5.02. The van der Waals surface area contributed by atoms with Crippen LogP contribution < -0.4 is 5.32 Å². The third kappa shape index (κ3) is 4.40. The Hall–Kier alpha value is -1.79. The third-order valence-corrected chi connectivity index (χ3v) is 3.02. The van der Waals surface area contributed by atoms with Crippen molar-refractivity contribution >= 4 is 0 Å². The molecule has 108 valence electrons. The first-order chi connectivity index (χ1) is 9.92. The van der Waals surface area contributed by atoms with Crippen molar-refractivity contribution in [3.63, 3.8) is 0 Å². The minimum atomic E-state index is 0.673. The summed E-state index contributed by atoms with van der Waals surface area (Å²) in [5.74, 6) is 0.827. The molecule has 0 amide bonds. The highest BCUT2D eigenvalue weighted by atomic mass is 16.5. The number of nitrogens with zero attached hydrogens (tertiary/aromatic N) is 4. The van der Waals surface area contributed by atoms with Gasteiger partial charge in [-0.25, -0.2) is 0 Å². The van der Waals surface area contributed by atoms with Crippen LogP contribution in [0, 0.1) is 0 Å². The van der Waals surface area contributed by atoms with Crippen LogP contribution in [0.25, 0.3) is 5.69 Å². The molecular weight excluding hydrogens is 254 g/mol. The summed E-state index contributed by atoms with van der Waals surface area (Å²) in [4.78, 5) is 0. The van der Waals surface area contributed by atoms with E-state index in [0.29, 0.717) is 6.54 Å². The minimum absolute atomic E-state index is 0.673. The lowest BCUT2D eigenvalue weighted by Crippen LogP contribution is -2.18. The molecule has 0 fully saturated rings. The van der Waals surface area contributed by atoms with Crippen molar-refractivity contribution < 1.29 is 4.74 Å². The second-order valence-corrected chi connectivity index (χ2v) is 4.57. The van der Waals surface area contributed by atoms with Crippen LogP contribution in [0.3, 0.4) is 0 Å². The van der Waals surface area contributed by atoms with Gasteiger partial charge >= 0.3 is 0 Å². The van der Waals surface area contributed by atoms with Gasteiger partial charge in [0.15, 0.2) is 5.82 Å². The van der Waals surface area contributed by atoms with Crippen molar-refractivity contribution in [2.24, 2.45) is 0 Å². The Balaban J connectivity index is 1.76. The number of tetrazole rings is 1. The second kappa shape index (κ2) is 8.39. The van der Waals surface area contributed by atoms with Gasteiger partial charge in [-0.05, 0) is 48.4 Å². The van der Waals surface area contributed by atoms with E-state index in [1.54, 1.807) is 11.8 Å². The maximum Gasteiger partial charge on any atom is 0.170 e. The molecule has 6 nitrogen and oxygen atoms in total. The molecule has 2 rings (SSSR count). The van der Waals surface area contributed by atoms with Gasteiger partial charge in [-0.1, -0.05) is 18.2 Å². The first-order valence-electron chi connectivity index (χ1n) is 6.94. The van der Waals surface area contributed by atoms with Crippen molar-refractivity contribution in [2.45, 2.75) is 25.8 Å². The predicted molar refractivity (Wildman–Crippen MR) is 76.6 cm³/mol. The molecule has 2 aromatic rings. The number of hydrogen-bond acceptors (Lipinski definition) is 5. The molecule has 0 atom stereocenters. The Morgan fingerprint density at radius 1 is 1.15 bits per heavy atom. The Bertz CT molecular complexity index is 485. The average Bonchev–Trinajstić information content (AvgIpc) is 2.96. The quantitative estimate of drug-likeness (QED) is 0.704. The lowest BCUT2D eigenvalue weighted by atomic mass is 10.2. The SMILES string of the molecule is COCCCCCNCc1nnnn1-c1ccccc1. The fraction of sp³-hybridized carbons (Fsp3) is 0.500. The van der Waals surface area contributed by atoms with Gasteiger partial charge in [-0.2, -0.15) is 4.68 Å². The van der Waals surface area contributed by atoms with E-state index in [2.05, 4.69) is 20.8 Å². The van der Waals surface area contributed by atoms with E-state index in [1.807, 2.05) is 30.3 Å². The molecule has 0 unspecified atom stereocenters. The van der Waals surface area contributed by atoms with E-state index in [9.17, 15) is 0 Å². The van der Waals surface area contributed by atoms with Crippen LogP contribution in [-0.4, -0.2) is 40.5 Å². The van der Waals surface area contributed by atoms with Gasteiger partial charge in [0, 0.05) is 13.7 Å². The highest BCUT2D eigenvalue weighted by Crippen LogP contribution is 2.06. The Morgan fingerprint density at radius 2 is 2.00 bits per heavy atom. The number of unbranched alkanes of at least 4 members (excludes halogenated alkanes) is 2. The van der Waals surface area contributed by atoms with Crippen LogP contribution in [0.1, 0.15) is 25.1 Å². The number of rotatable bonds is 9. The van der Waals surface area contributed by atoms with Gasteiger partial charge in [0.2, 0.25) is 0 Å². The van der Waals surface area contributed by atoms with Crippen LogP contribution in [0.2, 0.25) is 0 Å². The Kier molecular flexibility index (Phi) is 6.13. The molecule has 1 aromatic carbocycles. The predicted octanol–water partition coefficient (Wildman–Crippen LogP) is 1.57. The summed E-state index contributed by atoms with van der Waals surface area (Å²) >= 11 is 0. The smallest absolute Gasteiger partial charge is 0.170 e. The van der Waals surface area contributed by atoms with Gasteiger partial charge < -0.3 is 10.1 Å². The highest BCUT2D eigenvalue weighted by Gasteiger charge is 2.06. The molecule has 6 heteroatoms. The zero-order valence-corrected chi connectivity index (χ0v) is 11.8. The van der Waals surface area contributed by atoms with Crippen molar-refractivity contribution in [3.05, 3.63) is 36.2 Å². The number of benzene rings is 1. The molecule has 1 heterocycles. The summed E-state index contributed by atoms with van der Waals surface area (Å²) < 4.78 is 6.78. The van der Waals surface area contributed by atoms with Crippen molar-refractivity contribution in [2.75, 3.05) is 20.3 Å². The molecule has 0 saturated carbocycles. The van der Waals surface area contributed by atoms with E-state index in [1.165, 1.54) is 6.42 Å². The van der Waals surface area contributed by atoms with Crippen LogP contribution in [0.4, 0.5) is 0 Å². The zero-order valence-electron chi connectivity index (χ0n) is 11.8. The van der Waals surface area contributed by atoms with Gasteiger partial charge in [-0.15, -0.1) is 5.10 Å². The molecule has 0 saturated heterocycles. The summed E-state index contributed by atoms with van der Waals surface area (Å²) in [6.45, 7) is 2.48. The molecule has 0 aliphatic heterocycles. The molecule has 0 aliphatic rings.